The van der Waals surface area contributed by atoms with E-state index in [9.17, 15) is 0 Å². The summed E-state index contributed by atoms with van der Waals surface area (Å²) in [7, 11) is 0. The van der Waals surface area contributed by atoms with Crippen LogP contribution in [0.5, 0.6) is 0 Å². The molecule has 4 nitrogen and oxygen atoms in total. The topological polar surface area (TPSA) is 73.6 Å². The third kappa shape index (κ3) is 1.90. The molecule has 2 saturated carbocycles. The Labute approximate surface area is 97.4 Å². The van der Waals surface area contributed by atoms with Crippen LogP contribution in [0.2, 0.25) is 0 Å². The van der Waals surface area contributed by atoms with Crippen molar-refractivity contribution in [2.75, 3.05) is 6.61 Å². The van der Waals surface area contributed by atoms with Crippen molar-refractivity contribution in [1.29, 1.82) is 0 Å². The van der Waals surface area contributed by atoms with Gasteiger partial charge in [0.25, 0.3) is 0 Å². The van der Waals surface area contributed by atoms with E-state index >= 15 is 0 Å². The minimum Gasteiger partial charge on any atom is -0.378 e. The first-order valence-corrected chi connectivity index (χ1v) is 6.39. The molecule has 0 aromatic rings. The molecule has 1 spiro atoms. The maximum atomic E-state index is 5.83. The predicted molar refractivity (Wildman–Crippen MR) is 65.1 cm³/mol. The normalized spacial score (nSPS) is 32.1. The molecule has 2 aliphatic rings. The average molecular weight is 225 g/mol. The van der Waals surface area contributed by atoms with E-state index in [0.717, 1.165) is 13.0 Å². The summed E-state index contributed by atoms with van der Waals surface area (Å²) in [6.45, 7) is 2.85. The van der Waals surface area contributed by atoms with Crippen molar-refractivity contribution in [3.63, 3.8) is 0 Å². The molecule has 0 heterocycles. The molecule has 0 amide bonds. The summed E-state index contributed by atoms with van der Waals surface area (Å²) in [6.07, 6.45) is 7.74. The van der Waals surface area contributed by atoms with Gasteiger partial charge < -0.3 is 16.2 Å². The molecule has 0 aromatic heterocycles. The first kappa shape index (κ1) is 11.7. The third-order valence-electron chi connectivity index (χ3n) is 4.20. The second kappa shape index (κ2) is 4.62. The molecule has 0 radical (unpaired) electrons. The van der Waals surface area contributed by atoms with Gasteiger partial charge in [0.1, 0.15) is 0 Å². The van der Waals surface area contributed by atoms with Gasteiger partial charge in [-0.1, -0.05) is 19.3 Å². The van der Waals surface area contributed by atoms with Crippen molar-refractivity contribution in [2.24, 2.45) is 21.9 Å². The Morgan fingerprint density at radius 1 is 1.31 bits per heavy atom. The van der Waals surface area contributed by atoms with Crippen molar-refractivity contribution in [3.05, 3.63) is 0 Å². The van der Waals surface area contributed by atoms with Crippen LogP contribution in [0, 0.1) is 5.41 Å². The lowest BCUT2D eigenvalue weighted by molar-refractivity contribution is -0.139. The quantitative estimate of drug-likeness (QED) is 0.563. The Kier molecular flexibility index (Phi) is 3.38. The largest absolute Gasteiger partial charge is 0.378 e. The second-order valence-electron chi connectivity index (χ2n) is 5.04. The van der Waals surface area contributed by atoms with Gasteiger partial charge in [-0.2, -0.15) is 0 Å². The van der Waals surface area contributed by atoms with Crippen LogP contribution in [-0.2, 0) is 4.74 Å². The summed E-state index contributed by atoms with van der Waals surface area (Å²) in [5, 5.41) is 0. The highest BCUT2D eigenvalue weighted by molar-refractivity contribution is 5.76. The molecular weight excluding hydrogens is 202 g/mol. The van der Waals surface area contributed by atoms with E-state index in [1.165, 1.54) is 32.1 Å². The molecule has 4 N–H and O–H groups in total. The molecule has 2 fully saturated rings. The fourth-order valence-corrected chi connectivity index (χ4v) is 3.39. The van der Waals surface area contributed by atoms with Crippen LogP contribution in [-0.4, -0.2) is 24.7 Å². The maximum Gasteiger partial charge on any atom is 0.186 e. The van der Waals surface area contributed by atoms with Gasteiger partial charge in [0.15, 0.2) is 5.96 Å². The molecule has 2 atom stereocenters. The molecule has 2 aliphatic carbocycles. The summed E-state index contributed by atoms with van der Waals surface area (Å²) in [5.41, 5.74) is 11.2. The van der Waals surface area contributed by atoms with Gasteiger partial charge in [0.2, 0.25) is 0 Å². The zero-order chi connectivity index (χ0) is 11.6. The zero-order valence-corrected chi connectivity index (χ0v) is 10.1. The summed E-state index contributed by atoms with van der Waals surface area (Å²) < 4.78 is 5.83. The van der Waals surface area contributed by atoms with Crippen molar-refractivity contribution < 1.29 is 4.74 Å². The van der Waals surface area contributed by atoms with E-state index in [4.69, 9.17) is 16.2 Å². The molecule has 16 heavy (non-hydrogen) atoms. The molecule has 4 heteroatoms. The van der Waals surface area contributed by atoms with Gasteiger partial charge in [-0.15, -0.1) is 0 Å². The molecule has 0 bridgehead atoms. The van der Waals surface area contributed by atoms with Crippen LogP contribution < -0.4 is 11.5 Å². The number of nitrogens with zero attached hydrogens (tertiary/aromatic N) is 1. The van der Waals surface area contributed by atoms with Gasteiger partial charge in [-0.3, -0.25) is 0 Å². The van der Waals surface area contributed by atoms with Gasteiger partial charge in [0.05, 0.1) is 12.1 Å². The number of hydrogen-bond donors (Lipinski definition) is 2. The van der Waals surface area contributed by atoms with Crippen molar-refractivity contribution in [2.45, 2.75) is 57.6 Å². The molecule has 92 valence electrons. The number of aliphatic imine (C=N–C) groups is 1. The molecule has 2 unspecified atom stereocenters. The Hall–Kier alpha value is -0.770. The van der Waals surface area contributed by atoms with Crippen LogP contribution >= 0.6 is 0 Å². The second-order valence-corrected chi connectivity index (χ2v) is 5.04. The molecule has 2 rings (SSSR count). The Balaban J connectivity index is 2.09. The summed E-state index contributed by atoms with van der Waals surface area (Å²) in [6, 6.07) is 0.300. The molecule has 0 aromatic carbocycles. The standard InChI is InChI=1S/C12H23N3O/c1-2-16-10-8-9(15-11(13)14)12(10)6-4-3-5-7-12/h9-10H,2-8H2,1H3,(H4,13,14,15). The molecule has 0 saturated heterocycles. The van der Waals surface area contributed by atoms with Crippen LogP contribution in [0.3, 0.4) is 0 Å². The lowest BCUT2D eigenvalue weighted by Crippen LogP contribution is -2.59. The monoisotopic (exact) mass is 225 g/mol. The number of rotatable bonds is 3. The van der Waals surface area contributed by atoms with E-state index in [1.54, 1.807) is 0 Å². The SMILES string of the molecule is CCOC1CC(N=C(N)N)C12CCCCC2. The average Bonchev–Trinajstić information content (AvgIpc) is 2.28. The number of nitrogens with two attached hydrogens (primary N) is 2. The predicted octanol–water partition coefficient (Wildman–Crippen LogP) is 1.39. The van der Waals surface area contributed by atoms with Gasteiger partial charge in [-0.25, -0.2) is 4.99 Å². The maximum absolute atomic E-state index is 5.83. The highest BCUT2D eigenvalue weighted by Crippen LogP contribution is 2.54. The molecular formula is C12H23N3O. The van der Waals surface area contributed by atoms with Crippen molar-refractivity contribution in [3.8, 4) is 0 Å². The minimum absolute atomic E-state index is 0.227. The Bertz CT molecular complexity index is 267. The Morgan fingerprint density at radius 3 is 2.56 bits per heavy atom. The third-order valence-corrected chi connectivity index (χ3v) is 4.20. The summed E-state index contributed by atoms with van der Waals surface area (Å²) in [5.74, 6) is 0.227. The van der Waals surface area contributed by atoms with Crippen LogP contribution in [0.15, 0.2) is 4.99 Å². The van der Waals surface area contributed by atoms with Gasteiger partial charge >= 0.3 is 0 Å². The van der Waals surface area contributed by atoms with E-state index < -0.39 is 0 Å². The Morgan fingerprint density at radius 2 is 2.00 bits per heavy atom. The van der Waals surface area contributed by atoms with Crippen LogP contribution in [0.4, 0.5) is 0 Å². The summed E-state index contributed by atoms with van der Waals surface area (Å²) in [4.78, 5) is 4.38. The number of hydrogen-bond acceptors (Lipinski definition) is 2. The lowest BCUT2D eigenvalue weighted by Gasteiger charge is -2.55. The van der Waals surface area contributed by atoms with E-state index in [2.05, 4.69) is 11.9 Å². The number of guanidine groups is 1. The highest BCUT2D eigenvalue weighted by Gasteiger charge is 2.55. The lowest BCUT2D eigenvalue weighted by atomic mass is 9.55. The fraction of sp³-hybridized carbons (Fsp3) is 0.917. The smallest absolute Gasteiger partial charge is 0.186 e. The van der Waals surface area contributed by atoms with Crippen LogP contribution in [0.1, 0.15) is 45.4 Å². The van der Waals surface area contributed by atoms with E-state index in [1.807, 2.05) is 0 Å². The first-order valence-electron chi connectivity index (χ1n) is 6.39. The van der Waals surface area contributed by atoms with E-state index in [0.29, 0.717) is 12.1 Å². The fourth-order valence-electron chi connectivity index (χ4n) is 3.39. The van der Waals surface area contributed by atoms with E-state index in [-0.39, 0.29) is 11.4 Å². The van der Waals surface area contributed by atoms with Crippen LogP contribution in [0.25, 0.3) is 0 Å². The molecule has 0 aliphatic heterocycles. The first-order chi connectivity index (χ1) is 7.69. The number of ether oxygens (including phenoxy) is 1. The minimum atomic E-state index is 0.227. The van der Waals surface area contributed by atoms with Crippen molar-refractivity contribution in [1.82, 2.24) is 0 Å². The van der Waals surface area contributed by atoms with Gasteiger partial charge in [0, 0.05) is 12.0 Å². The zero-order valence-electron chi connectivity index (χ0n) is 10.1. The van der Waals surface area contributed by atoms with Gasteiger partial charge in [-0.05, 0) is 26.2 Å². The highest BCUT2D eigenvalue weighted by atomic mass is 16.5. The summed E-state index contributed by atoms with van der Waals surface area (Å²) >= 11 is 0. The van der Waals surface area contributed by atoms with Crippen molar-refractivity contribution >= 4 is 5.96 Å².